The van der Waals surface area contributed by atoms with E-state index in [9.17, 15) is 15.0 Å². The van der Waals surface area contributed by atoms with Crippen molar-refractivity contribution in [3.8, 4) is 22.8 Å². The quantitative estimate of drug-likeness (QED) is 0.582. The van der Waals surface area contributed by atoms with Crippen molar-refractivity contribution in [2.24, 2.45) is 0 Å². The molecule has 2 aromatic carbocycles. The van der Waals surface area contributed by atoms with Gasteiger partial charge >= 0.3 is 0 Å². The minimum absolute atomic E-state index is 0.194. The lowest BCUT2D eigenvalue weighted by molar-refractivity contribution is 0.404. The number of phenols is 2. The third-order valence-corrected chi connectivity index (χ3v) is 4.05. The molecule has 0 atom stereocenters. The molecule has 0 bridgehead atoms. The first kappa shape index (κ1) is 14.2. The molecule has 0 amide bonds. The van der Waals surface area contributed by atoms with Crippen molar-refractivity contribution in [2.45, 2.75) is 0 Å². The first-order chi connectivity index (χ1) is 9.95. The summed E-state index contributed by atoms with van der Waals surface area (Å²) in [6.45, 7) is 0. The Balaban J connectivity index is 2.30. The van der Waals surface area contributed by atoms with Crippen LogP contribution in [-0.4, -0.2) is 10.2 Å². The number of aromatic hydroxyl groups is 2. The second kappa shape index (κ2) is 5.20. The van der Waals surface area contributed by atoms with Crippen molar-refractivity contribution < 1.29 is 14.6 Å². The summed E-state index contributed by atoms with van der Waals surface area (Å²) < 4.78 is 7.16. The van der Waals surface area contributed by atoms with E-state index >= 15 is 0 Å². The van der Waals surface area contributed by atoms with Crippen LogP contribution in [0.3, 0.4) is 0 Å². The third kappa shape index (κ3) is 2.56. The molecule has 2 N–H and O–H groups in total. The number of hydrogen-bond donors (Lipinski definition) is 2. The van der Waals surface area contributed by atoms with Gasteiger partial charge in [-0.25, -0.2) is 0 Å². The van der Waals surface area contributed by atoms with E-state index in [1.807, 2.05) is 0 Å². The molecule has 6 heteroatoms. The van der Waals surface area contributed by atoms with Crippen LogP contribution in [0.1, 0.15) is 0 Å². The Hall–Kier alpha value is -1.79. The predicted molar refractivity (Wildman–Crippen MR) is 86.6 cm³/mol. The minimum Gasteiger partial charge on any atom is -0.504 e. The van der Waals surface area contributed by atoms with E-state index in [1.54, 1.807) is 18.2 Å². The zero-order chi connectivity index (χ0) is 15.1. The maximum Gasteiger partial charge on any atom is 0.193 e. The molecule has 3 rings (SSSR count). The van der Waals surface area contributed by atoms with Crippen molar-refractivity contribution in [3.63, 3.8) is 0 Å². The van der Waals surface area contributed by atoms with E-state index in [1.165, 1.54) is 18.2 Å². The van der Waals surface area contributed by atoms with Gasteiger partial charge in [0.2, 0.25) is 0 Å². The monoisotopic (exact) mass is 410 g/mol. The molecule has 0 fully saturated rings. The number of phenolic OH excluding ortho intramolecular Hbond substituents is 2. The topological polar surface area (TPSA) is 70.7 Å². The first-order valence-electron chi connectivity index (χ1n) is 5.91. The predicted octanol–water partition coefficient (Wildman–Crippen LogP) is 4.40. The van der Waals surface area contributed by atoms with Crippen LogP contribution in [0.4, 0.5) is 0 Å². The fourth-order valence-electron chi connectivity index (χ4n) is 2.00. The van der Waals surface area contributed by atoms with Crippen molar-refractivity contribution >= 4 is 42.8 Å². The molecule has 0 radical (unpaired) electrons. The van der Waals surface area contributed by atoms with Gasteiger partial charge in [0, 0.05) is 16.1 Å². The number of rotatable bonds is 1. The maximum atomic E-state index is 12.2. The van der Waals surface area contributed by atoms with Crippen LogP contribution in [-0.2, 0) is 0 Å². The molecule has 0 saturated carbocycles. The van der Waals surface area contributed by atoms with E-state index in [4.69, 9.17) is 4.42 Å². The molecule has 4 nitrogen and oxygen atoms in total. The van der Waals surface area contributed by atoms with Gasteiger partial charge < -0.3 is 14.6 Å². The lowest BCUT2D eigenvalue weighted by atomic mass is 10.1. The van der Waals surface area contributed by atoms with Crippen LogP contribution in [0.25, 0.3) is 22.3 Å². The van der Waals surface area contributed by atoms with Gasteiger partial charge in [0.1, 0.15) is 5.76 Å². The van der Waals surface area contributed by atoms with E-state index < -0.39 is 0 Å². The molecule has 0 aliphatic rings. The highest BCUT2D eigenvalue weighted by Gasteiger charge is 2.12. The summed E-state index contributed by atoms with van der Waals surface area (Å²) >= 11 is 6.69. The van der Waals surface area contributed by atoms with Crippen LogP contribution in [0.15, 0.2) is 54.6 Å². The molecular formula is C15H8Br2O4. The van der Waals surface area contributed by atoms with Gasteiger partial charge in [0.15, 0.2) is 22.5 Å². The summed E-state index contributed by atoms with van der Waals surface area (Å²) in [4.78, 5) is 12.2. The molecule has 21 heavy (non-hydrogen) atoms. The summed E-state index contributed by atoms with van der Waals surface area (Å²) in [6.07, 6.45) is 0. The van der Waals surface area contributed by atoms with Gasteiger partial charge in [0.25, 0.3) is 0 Å². The normalized spacial score (nSPS) is 11.0. The van der Waals surface area contributed by atoms with Crippen LogP contribution >= 0.6 is 31.9 Å². The average Bonchev–Trinajstić information content (AvgIpc) is 2.43. The maximum absolute atomic E-state index is 12.2. The van der Waals surface area contributed by atoms with E-state index in [-0.39, 0.29) is 16.9 Å². The summed E-state index contributed by atoms with van der Waals surface area (Å²) in [5.41, 5.74) is 0.730. The Labute approximate surface area is 135 Å². The second-order valence-electron chi connectivity index (χ2n) is 4.44. The van der Waals surface area contributed by atoms with Crippen LogP contribution in [0, 0.1) is 0 Å². The van der Waals surface area contributed by atoms with Gasteiger partial charge in [-0.1, -0.05) is 15.9 Å². The smallest absolute Gasteiger partial charge is 0.193 e. The third-order valence-electron chi connectivity index (χ3n) is 3.01. The Morgan fingerprint density at radius 1 is 0.952 bits per heavy atom. The zero-order valence-electron chi connectivity index (χ0n) is 10.4. The standard InChI is InChI=1S/C15H8Br2O4/c16-8-4-9-12(19)6-14(21-15(9)10(17)5-8)7-1-2-11(18)13(20)3-7/h1-6,18,20H. The van der Waals surface area contributed by atoms with Crippen LogP contribution in [0.2, 0.25) is 0 Å². The van der Waals surface area contributed by atoms with Gasteiger partial charge in [-0.05, 0) is 46.3 Å². The highest BCUT2D eigenvalue weighted by Crippen LogP contribution is 2.33. The molecule has 106 valence electrons. The SMILES string of the molecule is O=c1cc(-c2ccc(O)c(O)c2)oc2c(Br)cc(Br)cc12. The minimum atomic E-state index is -0.273. The Kier molecular flexibility index (Phi) is 3.51. The van der Waals surface area contributed by atoms with Gasteiger partial charge in [-0.3, -0.25) is 4.79 Å². The van der Waals surface area contributed by atoms with Gasteiger partial charge in [-0.15, -0.1) is 0 Å². The molecule has 1 aromatic heterocycles. The molecule has 0 unspecified atom stereocenters. The number of halogens is 2. The van der Waals surface area contributed by atoms with E-state index in [0.717, 1.165) is 4.47 Å². The summed E-state index contributed by atoms with van der Waals surface area (Å²) in [6, 6.07) is 9.06. The van der Waals surface area contributed by atoms with Crippen LogP contribution < -0.4 is 5.43 Å². The van der Waals surface area contributed by atoms with Crippen molar-refractivity contribution in [1.29, 1.82) is 0 Å². The second-order valence-corrected chi connectivity index (χ2v) is 6.21. The summed E-state index contributed by atoms with van der Waals surface area (Å²) in [7, 11) is 0. The van der Waals surface area contributed by atoms with Crippen molar-refractivity contribution in [1.82, 2.24) is 0 Å². The van der Waals surface area contributed by atoms with E-state index in [0.29, 0.717) is 26.8 Å². The summed E-state index contributed by atoms with van der Waals surface area (Å²) in [5.74, 6) is -0.192. The van der Waals surface area contributed by atoms with Gasteiger partial charge in [0.05, 0.1) is 9.86 Å². The fourth-order valence-corrected chi connectivity index (χ4v) is 3.31. The van der Waals surface area contributed by atoms with Gasteiger partial charge in [-0.2, -0.15) is 0 Å². The Morgan fingerprint density at radius 2 is 1.71 bits per heavy atom. The van der Waals surface area contributed by atoms with E-state index in [2.05, 4.69) is 31.9 Å². The zero-order valence-corrected chi connectivity index (χ0v) is 13.6. The number of fused-ring (bicyclic) bond motifs is 1. The average molecular weight is 412 g/mol. The Bertz CT molecular complexity index is 915. The lowest BCUT2D eigenvalue weighted by Gasteiger charge is -2.06. The highest BCUT2D eigenvalue weighted by atomic mass is 79.9. The number of hydrogen-bond acceptors (Lipinski definition) is 4. The summed E-state index contributed by atoms with van der Waals surface area (Å²) in [5, 5.41) is 19.3. The Morgan fingerprint density at radius 3 is 2.43 bits per heavy atom. The highest BCUT2D eigenvalue weighted by molar-refractivity contribution is 9.11. The largest absolute Gasteiger partial charge is 0.504 e. The van der Waals surface area contributed by atoms with Crippen molar-refractivity contribution in [3.05, 3.63) is 55.6 Å². The van der Waals surface area contributed by atoms with Crippen molar-refractivity contribution in [2.75, 3.05) is 0 Å². The fraction of sp³-hybridized carbons (Fsp3) is 0. The van der Waals surface area contributed by atoms with Crippen LogP contribution in [0.5, 0.6) is 11.5 Å². The molecule has 0 saturated heterocycles. The lowest BCUT2D eigenvalue weighted by Crippen LogP contribution is -2.00. The first-order valence-corrected chi connectivity index (χ1v) is 7.49. The molecule has 1 heterocycles. The molecule has 0 aliphatic heterocycles. The molecule has 3 aromatic rings. The molecule has 0 spiro atoms. The number of benzene rings is 2. The molecule has 0 aliphatic carbocycles. The molecular weight excluding hydrogens is 404 g/mol.